The van der Waals surface area contributed by atoms with E-state index in [4.69, 9.17) is 9.97 Å². The van der Waals surface area contributed by atoms with Crippen molar-refractivity contribution in [2.75, 3.05) is 18.4 Å². The number of pyridine rings is 1. The normalized spacial score (nSPS) is 17.6. The molecule has 166 valence electrons. The monoisotopic (exact) mass is 432 g/mol. The average molecular weight is 433 g/mol. The number of fused-ring (bicyclic) bond motifs is 1. The predicted octanol–water partition coefficient (Wildman–Crippen LogP) is 3.21. The van der Waals surface area contributed by atoms with Gasteiger partial charge in [0.1, 0.15) is 17.3 Å². The zero-order valence-corrected chi connectivity index (χ0v) is 18.3. The predicted molar refractivity (Wildman–Crippen MR) is 122 cm³/mol. The SMILES string of the molecule is CCc1nc(Nc2cnn(C3CCNCC3)c2)nc2c1cc(C#N)c(=O)n2C1CCCC1. The van der Waals surface area contributed by atoms with Crippen LogP contribution in [0.2, 0.25) is 0 Å². The summed E-state index contributed by atoms with van der Waals surface area (Å²) in [6, 6.07) is 4.20. The zero-order chi connectivity index (χ0) is 22.1. The lowest BCUT2D eigenvalue weighted by molar-refractivity contribution is 0.343. The minimum Gasteiger partial charge on any atom is -0.321 e. The van der Waals surface area contributed by atoms with Crippen LogP contribution in [0.25, 0.3) is 11.0 Å². The van der Waals surface area contributed by atoms with E-state index in [0.29, 0.717) is 24.1 Å². The van der Waals surface area contributed by atoms with Crippen molar-refractivity contribution in [3.63, 3.8) is 0 Å². The Labute approximate surface area is 186 Å². The molecule has 0 radical (unpaired) electrons. The number of nitriles is 1. The van der Waals surface area contributed by atoms with Crippen LogP contribution in [0.4, 0.5) is 11.6 Å². The van der Waals surface area contributed by atoms with Gasteiger partial charge in [0.2, 0.25) is 5.95 Å². The summed E-state index contributed by atoms with van der Waals surface area (Å²) in [7, 11) is 0. The second kappa shape index (κ2) is 8.71. The number of piperidine rings is 1. The third kappa shape index (κ3) is 3.75. The fourth-order valence-electron chi connectivity index (χ4n) is 4.98. The van der Waals surface area contributed by atoms with Crippen LogP contribution in [0, 0.1) is 11.3 Å². The van der Waals surface area contributed by atoms with Gasteiger partial charge in [0.05, 0.1) is 23.6 Å². The number of hydrogen-bond donors (Lipinski definition) is 2. The van der Waals surface area contributed by atoms with Crippen LogP contribution in [0.1, 0.15) is 68.8 Å². The maximum atomic E-state index is 13.1. The van der Waals surface area contributed by atoms with E-state index in [-0.39, 0.29) is 17.2 Å². The van der Waals surface area contributed by atoms with Gasteiger partial charge in [0.15, 0.2) is 0 Å². The molecule has 3 aromatic rings. The first kappa shape index (κ1) is 20.6. The Balaban J connectivity index is 1.56. The molecule has 5 rings (SSSR count). The van der Waals surface area contributed by atoms with Crippen molar-refractivity contribution < 1.29 is 0 Å². The first-order valence-corrected chi connectivity index (χ1v) is 11.6. The number of nitrogens with zero attached hydrogens (tertiary/aromatic N) is 6. The van der Waals surface area contributed by atoms with E-state index in [1.54, 1.807) is 16.8 Å². The first-order valence-electron chi connectivity index (χ1n) is 11.6. The van der Waals surface area contributed by atoms with Crippen LogP contribution in [-0.4, -0.2) is 37.4 Å². The summed E-state index contributed by atoms with van der Waals surface area (Å²) in [4.78, 5) is 22.6. The molecule has 9 heteroatoms. The highest BCUT2D eigenvalue weighted by Crippen LogP contribution is 2.32. The van der Waals surface area contributed by atoms with Gasteiger partial charge in [-0.05, 0) is 51.3 Å². The standard InChI is InChI=1S/C23H28N8O/c1-2-20-19-11-15(12-24)22(32)31(18-5-3-4-6-18)21(19)29-23(28-20)27-16-13-26-30(14-16)17-7-9-25-10-8-17/h11,13-14,17-18,25H,2-10H2,1H3,(H,27,28,29). The summed E-state index contributed by atoms with van der Waals surface area (Å²) in [6.07, 6.45) is 10.6. The maximum absolute atomic E-state index is 13.1. The Bertz CT molecular complexity index is 1230. The van der Waals surface area contributed by atoms with Crippen LogP contribution < -0.4 is 16.2 Å². The van der Waals surface area contributed by atoms with Crippen molar-refractivity contribution in [3.8, 4) is 6.07 Å². The molecule has 0 aromatic carbocycles. The minimum atomic E-state index is -0.252. The number of rotatable bonds is 5. The van der Waals surface area contributed by atoms with Crippen molar-refractivity contribution in [2.45, 2.75) is 64.0 Å². The van der Waals surface area contributed by atoms with E-state index in [0.717, 1.165) is 68.4 Å². The summed E-state index contributed by atoms with van der Waals surface area (Å²) >= 11 is 0. The van der Waals surface area contributed by atoms with Crippen molar-refractivity contribution >= 4 is 22.7 Å². The molecule has 2 fully saturated rings. The number of aryl methyl sites for hydroxylation is 1. The van der Waals surface area contributed by atoms with Gasteiger partial charge in [-0.2, -0.15) is 15.3 Å². The quantitative estimate of drug-likeness (QED) is 0.636. The lowest BCUT2D eigenvalue weighted by Gasteiger charge is -2.22. The van der Waals surface area contributed by atoms with Crippen LogP contribution in [-0.2, 0) is 6.42 Å². The molecular weight excluding hydrogens is 404 g/mol. The fourth-order valence-corrected chi connectivity index (χ4v) is 4.98. The van der Waals surface area contributed by atoms with Gasteiger partial charge in [-0.1, -0.05) is 19.8 Å². The van der Waals surface area contributed by atoms with Gasteiger partial charge >= 0.3 is 0 Å². The highest BCUT2D eigenvalue weighted by Gasteiger charge is 2.24. The van der Waals surface area contributed by atoms with Crippen LogP contribution in [0.3, 0.4) is 0 Å². The van der Waals surface area contributed by atoms with Gasteiger partial charge in [0, 0.05) is 17.6 Å². The summed E-state index contributed by atoms with van der Waals surface area (Å²) in [5.74, 6) is 0.454. The third-order valence-electron chi connectivity index (χ3n) is 6.66. The molecule has 0 unspecified atom stereocenters. The van der Waals surface area contributed by atoms with E-state index < -0.39 is 0 Å². The average Bonchev–Trinajstić information content (AvgIpc) is 3.51. The zero-order valence-electron chi connectivity index (χ0n) is 18.3. The van der Waals surface area contributed by atoms with Crippen LogP contribution in [0.15, 0.2) is 23.3 Å². The number of hydrogen-bond acceptors (Lipinski definition) is 7. The van der Waals surface area contributed by atoms with E-state index in [1.165, 1.54) is 0 Å². The molecule has 0 spiro atoms. The number of nitrogens with one attached hydrogen (secondary N) is 2. The Morgan fingerprint density at radius 3 is 2.69 bits per heavy atom. The van der Waals surface area contributed by atoms with Crippen molar-refractivity contribution in [3.05, 3.63) is 40.1 Å². The molecule has 4 heterocycles. The molecule has 9 nitrogen and oxygen atoms in total. The molecule has 2 N–H and O–H groups in total. The van der Waals surface area contributed by atoms with Crippen molar-refractivity contribution in [1.82, 2.24) is 29.6 Å². The molecule has 2 aliphatic rings. The number of aromatic nitrogens is 5. The van der Waals surface area contributed by atoms with Crippen molar-refractivity contribution in [2.24, 2.45) is 0 Å². The number of anilines is 2. The molecule has 32 heavy (non-hydrogen) atoms. The Morgan fingerprint density at radius 2 is 1.97 bits per heavy atom. The molecular formula is C23H28N8O. The van der Waals surface area contributed by atoms with E-state index in [2.05, 4.69) is 21.8 Å². The molecule has 1 saturated heterocycles. The van der Waals surface area contributed by atoms with E-state index in [1.807, 2.05) is 17.8 Å². The Hall–Kier alpha value is -3.25. The summed E-state index contributed by atoms with van der Waals surface area (Å²) in [5.41, 5.74) is 2.17. The van der Waals surface area contributed by atoms with Gasteiger partial charge in [-0.25, -0.2) is 4.98 Å². The lowest BCUT2D eigenvalue weighted by Crippen LogP contribution is -2.29. The van der Waals surface area contributed by atoms with Crippen LogP contribution >= 0.6 is 0 Å². The van der Waals surface area contributed by atoms with E-state index >= 15 is 0 Å². The fraction of sp³-hybridized carbons (Fsp3) is 0.522. The van der Waals surface area contributed by atoms with E-state index in [9.17, 15) is 10.1 Å². The molecule has 0 amide bonds. The first-order chi connectivity index (χ1) is 15.7. The summed E-state index contributed by atoms with van der Waals surface area (Å²) in [6.45, 7) is 4.03. The van der Waals surface area contributed by atoms with Gasteiger partial charge < -0.3 is 10.6 Å². The highest BCUT2D eigenvalue weighted by atomic mass is 16.1. The molecule has 1 saturated carbocycles. The summed E-state index contributed by atoms with van der Waals surface area (Å²) < 4.78 is 3.75. The van der Waals surface area contributed by atoms with Gasteiger partial charge in [-0.3, -0.25) is 14.0 Å². The van der Waals surface area contributed by atoms with Crippen molar-refractivity contribution in [1.29, 1.82) is 5.26 Å². The minimum absolute atomic E-state index is 0.0772. The molecule has 1 aliphatic heterocycles. The topological polar surface area (TPSA) is 113 Å². The molecule has 0 bridgehead atoms. The second-order valence-electron chi connectivity index (χ2n) is 8.68. The highest BCUT2D eigenvalue weighted by molar-refractivity contribution is 5.81. The largest absolute Gasteiger partial charge is 0.321 e. The molecule has 0 atom stereocenters. The smallest absolute Gasteiger partial charge is 0.270 e. The molecule has 1 aliphatic carbocycles. The molecule has 3 aromatic heterocycles. The Kier molecular flexibility index (Phi) is 5.62. The summed E-state index contributed by atoms with van der Waals surface area (Å²) in [5, 5.41) is 21.5. The second-order valence-corrected chi connectivity index (χ2v) is 8.68. The van der Waals surface area contributed by atoms with Gasteiger partial charge in [-0.15, -0.1) is 0 Å². The lowest BCUT2D eigenvalue weighted by atomic mass is 10.1. The van der Waals surface area contributed by atoms with Gasteiger partial charge in [0.25, 0.3) is 5.56 Å². The maximum Gasteiger partial charge on any atom is 0.270 e. The Morgan fingerprint density at radius 1 is 1.19 bits per heavy atom. The third-order valence-corrected chi connectivity index (χ3v) is 6.66. The van der Waals surface area contributed by atoms with Crippen LogP contribution in [0.5, 0.6) is 0 Å².